The Kier molecular flexibility index (Phi) is 5.57. The lowest BCUT2D eigenvalue weighted by Gasteiger charge is -2.32. The summed E-state index contributed by atoms with van der Waals surface area (Å²) in [7, 11) is 0. The molecular weight excluding hydrogens is 377 g/mol. The van der Waals surface area contributed by atoms with Crippen molar-refractivity contribution in [3.63, 3.8) is 0 Å². The van der Waals surface area contributed by atoms with Gasteiger partial charge in [-0.2, -0.15) is 0 Å². The lowest BCUT2D eigenvalue weighted by atomic mass is 10.2. The van der Waals surface area contributed by atoms with Gasteiger partial charge in [-0.05, 0) is 24.3 Å². The second kappa shape index (κ2) is 8.07. The van der Waals surface area contributed by atoms with Crippen LogP contribution in [-0.2, 0) is 4.79 Å². The highest BCUT2D eigenvalue weighted by atomic mass is 19.2. The number of piperazine rings is 1. The van der Waals surface area contributed by atoms with Crippen LogP contribution < -0.4 is 5.32 Å². The van der Waals surface area contributed by atoms with Gasteiger partial charge in [0.1, 0.15) is 11.4 Å². The van der Waals surface area contributed by atoms with E-state index in [0.717, 1.165) is 6.07 Å². The van der Waals surface area contributed by atoms with Crippen LogP contribution in [0.3, 0.4) is 0 Å². The standard InChI is InChI=1S/C18H15F3N4O3/c19-11-4-5-12(16(21)15(11)20)23-17(27)13-2-1-3-14(22-13)18(28)25-8-6-24(10-26)7-9-25/h1-5,10H,6-9H2,(H,23,27). The van der Waals surface area contributed by atoms with Crippen molar-refractivity contribution in [1.29, 1.82) is 0 Å². The Morgan fingerprint density at radius 1 is 0.964 bits per heavy atom. The monoisotopic (exact) mass is 392 g/mol. The van der Waals surface area contributed by atoms with Gasteiger partial charge in [-0.15, -0.1) is 0 Å². The number of halogens is 3. The molecule has 2 heterocycles. The highest BCUT2D eigenvalue weighted by molar-refractivity contribution is 6.04. The van der Waals surface area contributed by atoms with Gasteiger partial charge in [0.15, 0.2) is 17.5 Å². The molecule has 1 aliphatic rings. The van der Waals surface area contributed by atoms with Crippen LogP contribution in [0.4, 0.5) is 18.9 Å². The third-order valence-electron chi connectivity index (χ3n) is 4.23. The van der Waals surface area contributed by atoms with E-state index < -0.39 is 35.0 Å². The molecule has 0 unspecified atom stereocenters. The molecule has 1 saturated heterocycles. The summed E-state index contributed by atoms with van der Waals surface area (Å²) in [5.74, 6) is -5.92. The number of nitrogens with one attached hydrogen (secondary N) is 1. The van der Waals surface area contributed by atoms with E-state index in [9.17, 15) is 27.6 Å². The molecule has 0 atom stereocenters. The molecule has 28 heavy (non-hydrogen) atoms. The summed E-state index contributed by atoms with van der Waals surface area (Å²) >= 11 is 0. The van der Waals surface area contributed by atoms with Crippen molar-refractivity contribution in [2.75, 3.05) is 31.5 Å². The largest absolute Gasteiger partial charge is 0.342 e. The van der Waals surface area contributed by atoms with Gasteiger partial charge in [0.2, 0.25) is 6.41 Å². The Balaban J connectivity index is 1.74. The number of pyridine rings is 1. The fraction of sp³-hybridized carbons (Fsp3) is 0.222. The number of hydrogen-bond donors (Lipinski definition) is 1. The summed E-state index contributed by atoms with van der Waals surface area (Å²) in [4.78, 5) is 42.6. The van der Waals surface area contributed by atoms with Crippen molar-refractivity contribution in [2.24, 2.45) is 0 Å². The van der Waals surface area contributed by atoms with Gasteiger partial charge in [-0.3, -0.25) is 14.4 Å². The second-order valence-electron chi connectivity index (χ2n) is 6.02. The number of carbonyl (C=O) groups excluding carboxylic acids is 3. The summed E-state index contributed by atoms with van der Waals surface area (Å²) < 4.78 is 40.0. The molecule has 1 fully saturated rings. The van der Waals surface area contributed by atoms with Crippen LogP contribution in [0.1, 0.15) is 21.0 Å². The Hall–Kier alpha value is -3.43. The number of nitrogens with zero attached hydrogens (tertiary/aromatic N) is 3. The van der Waals surface area contributed by atoms with E-state index in [-0.39, 0.29) is 11.4 Å². The minimum absolute atomic E-state index is 0.00189. The topological polar surface area (TPSA) is 82.6 Å². The maximum absolute atomic E-state index is 13.7. The van der Waals surface area contributed by atoms with E-state index in [2.05, 4.69) is 10.3 Å². The average molecular weight is 392 g/mol. The van der Waals surface area contributed by atoms with Crippen LogP contribution >= 0.6 is 0 Å². The zero-order valence-corrected chi connectivity index (χ0v) is 14.5. The fourth-order valence-electron chi connectivity index (χ4n) is 2.68. The summed E-state index contributed by atoms with van der Waals surface area (Å²) in [6, 6.07) is 5.71. The van der Waals surface area contributed by atoms with Crippen LogP contribution in [0, 0.1) is 17.5 Å². The van der Waals surface area contributed by atoms with Gasteiger partial charge in [0.05, 0.1) is 5.69 Å². The van der Waals surface area contributed by atoms with Gasteiger partial charge in [-0.1, -0.05) is 6.07 Å². The molecule has 0 radical (unpaired) electrons. The fourth-order valence-corrected chi connectivity index (χ4v) is 2.68. The molecule has 1 aliphatic heterocycles. The first-order valence-corrected chi connectivity index (χ1v) is 8.31. The Bertz CT molecular complexity index is 930. The van der Waals surface area contributed by atoms with Crippen LogP contribution in [0.15, 0.2) is 30.3 Å². The molecule has 0 bridgehead atoms. The van der Waals surface area contributed by atoms with Crippen molar-refractivity contribution in [1.82, 2.24) is 14.8 Å². The first-order chi connectivity index (χ1) is 13.4. The van der Waals surface area contributed by atoms with Crippen molar-refractivity contribution in [2.45, 2.75) is 0 Å². The Morgan fingerprint density at radius 3 is 2.32 bits per heavy atom. The van der Waals surface area contributed by atoms with Gasteiger partial charge in [0.25, 0.3) is 11.8 Å². The van der Waals surface area contributed by atoms with Crippen LogP contribution in [0.25, 0.3) is 0 Å². The molecule has 0 saturated carbocycles. The van der Waals surface area contributed by atoms with E-state index in [1.807, 2.05) is 0 Å². The molecule has 2 aromatic rings. The third kappa shape index (κ3) is 3.95. The minimum atomic E-state index is -1.70. The van der Waals surface area contributed by atoms with Crippen LogP contribution in [0.2, 0.25) is 0 Å². The number of amides is 3. The summed E-state index contributed by atoms with van der Waals surface area (Å²) in [6.07, 6.45) is 0.711. The first kappa shape index (κ1) is 19.3. The summed E-state index contributed by atoms with van der Waals surface area (Å²) in [5.41, 5.74) is -0.744. The van der Waals surface area contributed by atoms with E-state index in [1.54, 1.807) is 0 Å². The number of anilines is 1. The maximum atomic E-state index is 13.7. The molecule has 1 N–H and O–H groups in total. The highest BCUT2D eigenvalue weighted by Crippen LogP contribution is 2.20. The van der Waals surface area contributed by atoms with E-state index in [1.165, 1.54) is 28.0 Å². The number of aromatic nitrogens is 1. The van der Waals surface area contributed by atoms with Crippen molar-refractivity contribution in [3.05, 3.63) is 59.2 Å². The lowest BCUT2D eigenvalue weighted by molar-refractivity contribution is -0.119. The average Bonchev–Trinajstić information content (AvgIpc) is 2.73. The predicted molar refractivity (Wildman–Crippen MR) is 92.0 cm³/mol. The maximum Gasteiger partial charge on any atom is 0.274 e. The molecule has 1 aromatic heterocycles. The third-order valence-corrected chi connectivity index (χ3v) is 4.23. The molecule has 0 aliphatic carbocycles. The number of rotatable bonds is 4. The normalized spacial score (nSPS) is 14.0. The molecule has 10 heteroatoms. The summed E-state index contributed by atoms with van der Waals surface area (Å²) in [5, 5.41) is 2.10. The number of benzene rings is 1. The minimum Gasteiger partial charge on any atom is -0.342 e. The number of hydrogen-bond acceptors (Lipinski definition) is 4. The van der Waals surface area contributed by atoms with E-state index in [4.69, 9.17) is 0 Å². The first-order valence-electron chi connectivity index (χ1n) is 8.31. The van der Waals surface area contributed by atoms with Crippen LogP contribution in [-0.4, -0.2) is 59.2 Å². The quantitative estimate of drug-likeness (QED) is 0.634. The molecule has 146 valence electrons. The Labute approximate surface area is 157 Å². The number of carbonyl (C=O) groups is 3. The summed E-state index contributed by atoms with van der Waals surface area (Å²) in [6.45, 7) is 1.45. The molecule has 3 amide bonds. The molecule has 1 aromatic carbocycles. The van der Waals surface area contributed by atoms with Crippen LogP contribution in [0.5, 0.6) is 0 Å². The van der Waals surface area contributed by atoms with E-state index in [0.29, 0.717) is 38.7 Å². The SMILES string of the molecule is O=CN1CCN(C(=O)c2cccc(C(=O)Nc3ccc(F)c(F)c3F)n2)CC1. The van der Waals surface area contributed by atoms with Crippen molar-refractivity contribution >= 4 is 23.9 Å². The zero-order chi connectivity index (χ0) is 20.3. The predicted octanol–water partition coefficient (Wildman–Crippen LogP) is 1.67. The highest BCUT2D eigenvalue weighted by Gasteiger charge is 2.23. The van der Waals surface area contributed by atoms with Crippen molar-refractivity contribution < 1.29 is 27.6 Å². The lowest BCUT2D eigenvalue weighted by Crippen LogP contribution is -2.48. The van der Waals surface area contributed by atoms with E-state index >= 15 is 0 Å². The Morgan fingerprint density at radius 2 is 1.64 bits per heavy atom. The molecule has 7 nitrogen and oxygen atoms in total. The molecule has 3 rings (SSSR count). The molecular formula is C18H15F3N4O3. The van der Waals surface area contributed by atoms with Gasteiger partial charge >= 0.3 is 0 Å². The van der Waals surface area contributed by atoms with Gasteiger partial charge < -0.3 is 15.1 Å². The molecule has 0 spiro atoms. The van der Waals surface area contributed by atoms with Gasteiger partial charge in [0, 0.05) is 26.2 Å². The van der Waals surface area contributed by atoms with Gasteiger partial charge in [-0.25, -0.2) is 18.2 Å². The zero-order valence-electron chi connectivity index (χ0n) is 14.5. The van der Waals surface area contributed by atoms with Crippen molar-refractivity contribution in [3.8, 4) is 0 Å². The second-order valence-corrected chi connectivity index (χ2v) is 6.02. The smallest absolute Gasteiger partial charge is 0.274 e.